The first kappa shape index (κ1) is 74.1. The number of hydrogen-bond acceptors (Lipinski definition) is 17. The molecule has 1 heterocycles. The van der Waals surface area contributed by atoms with E-state index in [0.717, 1.165) is 77.0 Å². The number of carboxylic acids is 2. The molecule has 0 spiro atoms. The van der Waals surface area contributed by atoms with Crippen molar-refractivity contribution in [1.29, 1.82) is 0 Å². The van der Waals surface area contributed by atoms with Gasteiger partial charge in [0.05, 0.1) is 33.0 Å². The van der Waals surface area contributed by atoms with Gasteiger partial charge in [0.25, 0.3) is 0 Å². The number of unbranched alkanes of at least 4 members (excludes halogenated alkanes) is 12. The minimum Gasteiger partial charge on any atom is -0.481 e. The van der Waals surface area contributed by atoms with Crippen LogP contribution in [0.3, 0.4) is 0 Å². The first-order chi connectivity index (χ1) is 39.7. The molecule has 0 bridgehead atoms. The number of likely N-dealkylation sites (N-methyl/N-ethyl adjacent to an activating group) is 1. The summed E-state index contributed by atoms with van der Waals surface area (Å²) < 4.78 is 10.7. The highest BCUT2D eigenvalue weighted by Crippen LogP contribution is 2.18. The molecule has 0 aromatic carbocycles. The normalized spacial score (nSPS) is 13.9. The second-order valence-corrected chi connectivity index (χ2v) is 20.2. The van der Waals surface area contributed by atoms with E-state index in [1.165, 1.54) is 7.05 Å². The van der Waals surface area contributed by atoms with Crippen LogP contribution >= 0.6 is 0 Å². The summed E-state index contributed by atoms with van der Waals surface area (Å²) in [6.07, 6.45) is 16.6. The molecule has 1 aliphatic rings. The SMILES string of the molecule is CCCC[C@H](NC(=O)[C@H](CN)NC(=O)[C@H](CC1=CCC=N1)NC(=O)[C@@H](CCC(N)=O)NC(=O)[C@H](CO)NC(=O)CNC(=O)COCCOCCNC(=O)[C@@H](CCC(=O)O)CC(=O)CCCCCCCCCCCCCCC(=O)O)C(=O)NC. The zero-order chi connectivity index (χ0) is 61.8. The Labute approximate surface area is 485 Å². The third-order valence-corrected chi connectivity index (χ3v) is 13.2. The van der Waals surface area contributed by atoms with Crippen LogP contribution in [0, 0.1) is 5.92 Å². The Morgan fingerprint density at radius 2 is 1.12 bits per heavy atom. The van der Waals surface area contributed by atoms with E-state index in [-0.39, 0.29) is 77.2 Å². The fourth-order valence-electron chi connectivity index (χ4n) is 8.50. The number of primary amides is 1. The van der Waals surface area contributed by atoms with Crippen molar-refractivity contribution in [3.05, 3.63) is 11.8 Å². The average molecular weight is 1180 g/mol. The van der Waals surface area contributed by atoms with Crippen molar-refractivity contribution in [3.8, 4) is 0 Å². The monoisotopic (exact) mass is 1180 g/mol. The van der Waals surface area contributed by atoms with Gasteiger partial charge in [-0.25, -0.2) is 0 Å². The Morgan fingerprint density at radius 3 is 1.67 bits per heavy atom. The van der Waals surface area contributed by atoms with Crippen molar-refractivity contribution in [2.24, 2.45) is 22.4 Å². The maximum absolute atomic E-state index is 13.8. The molecule has 28 nitrogen and oxygen atoms in total. The number of carboxylic acid groups (broad SMARTS) is 2. The summed E-state index contributed by atoms with van der Waals surface area (Å²) in [5, 5.41) is 47.5. The highest BCUT2D eigenvalue weighted by atomic mass is 16.5. The molecule has 83 heavy (non-hydrogen) atoms. The fourth-order valence-corrected chi connectivity index (χ4v) is 8.50. The molecular formula is C55H93N11O17. The number of ketones is 1. The second-order valence-electron chi connectivity index (χ2n) is 20.2. The van der Waals surface area contributed by atoms with Crippen LogP contribution in [0.2, 0.25) is 0 Å². The molecule has 0 fully saturated rings. The largest absolute Gasteiger partial charge is 0.481 e. The Balaban J connectivity index is 2.59. The molecule has 0 aromatic rings. The van der Waals surface area contributed by atoms with Crippen LogP contribution in [0.5, 0.6) is 0 Å². The first-order valence-electron chi connectivity index (χ1n) is 28.9. The van der Waals surface area contributed by atoms with Crippen LogP contribution < -0.4 is 54.0 Å². The van der Waals surface area contributed by atoms with Crippen LogP contribution in [0.25, 0.3) is 0 Å². The van der Waals surface area contributed by atoms with E-state index < -0.39 is 127 Å². The van der Waals surface area contributed by atoms with E-state index in [1.807, 2.05) is 6.92 Å². The lowest BCUT2D eigenvalue weighted by Crippen LogP contribution is -2.60. The topological polar surface area (TPSA) is 445 Å². The smallest absolute Gasteiger partial charge is 0.303 e. The lowest BCUT2D eigenvalue weighted by Gasteiger charge is -2.26. The summed E-state index contributed by atoms with van der Waals surface area (Å²) in [5.41, 5.74) is 11.6. The van der Waals surface area contributed by atoms with Gasteiger partial charge in [-0.05, 0) is 32.1 Å². The molecule has 0 radical (unpaired) electrons. The van der Waals surface area contributed by atoms with E-state index in [0.29, 0.717) is 37.8 Å². The van der Waals surface area contributed by atoms with Gasteiger partial charge >= 0.3 is 11.9 Å². The molecule has 1 aliphatic heterocycles. The first-order valence-corrected chi connectivity index (χ1v) is 28.9. The number of carbonyl (C=O) groups is 12. The predicted molar refractivity (Wildman–Crippen MR) is 304 cm³/mol. The highest BCUT2D eigenvalue weighted by molar-refractivity contribution is 5.97. The second kappa shape index (κ2) is 45.6. The zero-order valence-corrected chi connectivity index (χ0v) is 48.4. The number of ether oxygens (including phenoxy) is 2. The number of nitrogens with two attached hydrogens (primary N) is 2. The molecule has 0 aromatic heterocycles. The van der Waals surface area contributed by atoms with Crippen molar-refractivity contribution in [2.75, 3.05) is 59.7 Å². The van der Waals surface area contributed by atoms with Crippen molar-refractivity contribution < 1.29 is 82.3 Å². The van der Waals surface area contributed by atoms with Gasteiger partial charge in [-0.1, -0.05) is 90.0 Å². The molecule has 9 amide bonds. The Hall–Kier alpha value is -6.91. The van der Waals surface area contributed by atoms with E-state index >= 15 is 0 Å². The molecule has 15 N–H and O–H groups in total. The number of nitrogens with one attached hydrogen (secondary N) is 8. The van der Waals surface area contributed by atoms with Gasteiger partial charge in [-0.15, -0.1) is 0 Å². The molecule has 6 atom stereocenters. The molecule has 0 aliphatic carbocycles. The van der Waals surface area contributed by atoms with Crippen LogP contribution in [0.1, 0.15) is 161 Å². The van der Waals surface area contributed by atoms with Crippen molar-refractivity contribution in [3.63, 3.8) is 0 Å². The quantitative estimate of drug-likeness (QED) is 0.0344. The van der Waals surface area contributed by atoms with Gasteiger partial charge in [-0.3, -0.25) is 62.5 Å². The summed E-state index contributed by atoms with van der Waals surface area (Å²) in [4.78, 5) is 155. The number of Topliss-reactive ketones (excluding diaryl/α,β-unsaturated/α-hetero) is 1. The van der Waals surface area contributed by atoms with Gasteiger partial charge in [0.2, 0.25) is 53.2 Å². The number of aliphatic carboxylic acids is 2. The Bertz CT molecular complexity index is 2130. The number of aliphatic hydroxyl groups excluding tert-OH is 1. The van der Waals surface area contributed by atoms with Crippen LogP contribution in [-0.4, -0.2) is 182 Å². The van der Waals surface area contributed by atoms with Gasteiger partial charge in [0.15, 0.2) is 0 Å². The minimum absolute atomic E-state index is 0.000514. The van der Waals surface area contributed by atoms with E-state index in [1.54, 1.807) is 12.3 Å². The number of aliphatic hydroxyl groups is 1. The Kier molecular flexibility index (Phi) is 40.7. The van der Waals surface area contributed by atoms with E-state index in [9.17, 15) is 67.7 Å². The number of hydrogen-bond donors (Lipinski definition) is 13. The lowest BCUT2D eigenvalue weighted by molar-refractivity contribution is -0.138. The molecule has 0 saturated carbocycles. The summed E-state index contributed by atoms with van der Waals surface area (Å²) in [7, 11) is 1.41. The number of aliphatic imine (C=N–C) groups is 1. The molecule has 0 saturated heterocycles. The molecule has 1 rings (SSSR count). The standard InChI is InChI=1S/C55H93N11O17/c1-3-4-20-40(51(77)58-2)63-54(80)43(33-56)66-53(79)42(32-38-18-17-26-59-38)65-52(78)41(23-24-45(57)69)64-55(81)44(35-67)62-46(70)34-61-47(71)36-83-30-29-82-28-27-60-50(76)37(22-25-49(74)75)31-39(68)19-15-13-11-9-7-5-6-8-10-12-14-16-21-48(72)73/h18,26,37,40-44,67H,3-17,19-25,27-36,56H2,1-2H3,(H2,57,69)(H,58,77)(H,60,76)(H,61,71)(H,62,70)(H,63,80)(H,64,81)(H,65,78)(H,66,79)(H,72,73)(H,74,75)/t37-,40-,41+,42-,43-,44-/m0/s1. The molecule has 0 unspecified atom stereocenters. The Morgan fingerprint density at radius 1 is 0.578 bits per heavy atom. The average Bonchev–Trinajstić information content (AvgIpc) is 3.97. The lowest BCUT2D eigenvalue weighted by atomic mass is 9.93. The summed E-state index contributed by atoms with van der Waals surface area (Å²) in [6, 6.07) is -6.90. The third kappa shape index (κ3) is 36.3. The highest BCUT2D eigenvalue weighted by Gasteiger charge is 2.33. The van der Waals surface area contributed by atoms with Crippen LogP contribution in [0.4, 0.5) is 0 Å². The summed E-state index contributed by atoms with van der Waals surface area (Å²) >= 11 is 0. The molecular weight excluding hydrogens is 1090 g/mol. The van der Waals surface area contributed by atoms with Crippen LogP contribution in [0.15, 0.2) is 16.8 Å². The number of carbonyl (C=O) groups excluding carboxylic acids is 10. The summed E-state index contributed by atoms with van der Waals surface area (Å²) in [6.45, 7) is -0.594. The molecule has 28 heteroatoms. The number of nitrogens with zero attached hydrogens (tertiary/aromatic N) is 1. The maximum atomic E-state index is 13.8. The van der Waals surface area contributed by atoms with E-state index in [2.05, 4.69) is 47.5 Å². The third-order valence-electron chi connectivity index (χ3n) is 13.2. The van der Waals surface area contributed by atoms with Crippen molar-refractivity contribution >= 4 is 77.1 Å². The van der Waals surface area contributed by atoms with Gasteiger partial charge in [-0.2, -0.15) is 0 Å². The maximum Gasteiger partial charge on any atom is 0.303 e. The van der Waals surface area contributed by atoms with E-state index in [4.69, 9.17) is 26.0 Å². The number of allylic oxidation sites excluding steroid dienone is 1. The zero-order valence-electron chi connectivity index (χ0n) is 48.4. The number of amides is 9. The predicted octanol–water partition coefficient (Wildman–Crippen LogP) is -0.437. The van der Waals surface area contributed by atoms with Crippen molar-refractivity contribution in [1.82, 2.24) is 42.5 Å². The van der Waals surface area contributed by atoms with Gasteiger partial charge in [0, 0.05) is 82.9 Å². The fraction of sp³-hybridized carbons (Fsp3) is 0.727. The summed E-state index contributed by atoms with van der Waals surface area (Å²) in [5.74, 6) is -9.88. The van der Waals surface area contributed by atoms with Gasteiger partial charge < -0.3 is 78.8 Å². The minimum atomic E-state index is -1.67. The van der Waals surface area contributed by atoms with Crippen LogP contribution in [-0.2, 0) is 67.0 Å². The van der Waals surface area contributed by atoms with Crippen molar-refractivity contribution in [2.45, 2.75) is 191 Å². The van der Waals surface area contributed by atoms with Gasteiger partial charge in [0.1, 0.15) is 42.6 Å². The number of rotatable bonds is 51. The molecule has 470 valence electrons.